The number of rotatable bonds is 1. The molecule has 1 N–H and O–H groups in total. The summed E-state index contributed by atoms with van der Waals surface area (Å²) in [4.78, 5) is 11.0. The molecule has 94 valence electrons. The number of nitrogens with one attached hydrogen (secondary N) is 1. The van der Waals surface area contributed by atoms with Crippen LogP contribution in [0.5, 0.6) is 0 Å². The molecule has 2 fully saturated rings. The Morgan fingerprint density at radius 1 is 1.44 bits per heavy atom. The van der Waals surface area contributed by atoms with Crippen LogP contribution in [0.1, 0.15) is 24.2 Å². The lowest BCUT2D eigenvalue weighted by Crippen LogP contribution is -2.40. The zero-order chi connectivity index (χ0) is 12.5. The van der Waals surface area contributed by atoms with Crippen LogP contribution in [0.3, 0.4) is 0 Å². The predicted octanol–water partition coefficient (Wildman–Crippen LogP) is 0.845. The van der Waals surface area contributed by atoms with E-state index in [0.29, 0.717) is 23.6 Å². The lowest BCUT2D eigenvalue weighted by Gasteiger charge is -2.24. The number of fused-ring (bicyclic) bond motifs is 1. The zero-order valence-electron chi connectivity index (χ0n) is 10.6. The molecule has 2 saturated heterocycles. The highest BCUT2D eigenvalue weighted by Gasteiger charge is 2.35. The van der Waals surface area contributed by atoms with Crippen LogP contribution < -0.4 is 10.2 Å². The van der Waals surface area contributed by atoms with Crippen LogP contribution in [0, 0.1) is 24.2 Å². The van der Waals surface area contributed by atoms with Crippen LogP contribution in [-0.4, -0.2) is 35.6 Å². The van der Waals surface area contributed by atoms with Gasteiger partial charge in [0.15, 0.2) is 0 Å². The van der Waals surface area contributed by atoms with E-state index < -0.39 is 0 Å². The first-order valence-corrected chi connectivity index (χ1v) is 6.50. The maximum Gasteiger partial charge on any atom is 0.226 e. The third-order valence-corrected chi connectivity index (χ3v) is 3.84. The lowest BCUT2D eigenvalue weighted by atomic mass is 9.94. The number of aryl methyl sites for hydroxylation is 1. The number of hydrogen-bond donors (Lipinski definition) is 1. The van der Waals surface area contributed by atoms with Gasteiger partial charge < -0.3 is 10.2 Å². The maximum atomic E-state index is 8.96. The van der Waals surface area contributed by atoms with Gasteiger partial charge in [-0.25, -0.2) is 9.97 Å². The van der Waals surface area contributed by atoms with E-state index in [4.69, 9.17) is 5.26 Å². The highest BCUT2D eigenvalue weighted by atomic mass is 15.3. The van der Waals surface area contributed by atoms with Crippen LogP contribution in [0.2, 0.25) is 0 Å². The molecule has 0 radical (unpaired) electrons. The molecule has 0 bridgehead atoms. The minimum absolute atomic E-state index is 0.459. The van der Waals surface area contributed by atoms with Gasteiger partial charge in [0.2, 0.25) is 5.95 Å². The van der Waals surface area contributed by atoms with Gasteiger partial charge in [-0.15, -0.1) is 0 Å². The van der Waals surface area contributed by atoms with E-state index in [9.17, 15) is 0 Å². The molecule has 0 aliphatic carbocycles. The minimum atomic E-state index is 0.459. The van der Waals surface area contributed by atoms with Crippen LogP contribution in [0.25, 0.3) is 0 Å². The van der Waals surface area contributed by atoms with Gasteiger partial charge in [-0.1, -0.05) is 0 Å². The molecule has 2 aliphatic rings. The summed E-state index contributed by atoms with van der Waals surface area (Å²) in [6.07, 6.45) is 2.54. The van der Waals surface area contributed by atoms with Crippen LogP contribution in [0.4, 0.5) is 5.95 Å². The Kier molecular flexibility index (Phi) is 2.88. The summed E-state index contributed by atoms with van der Waals surface area (Å²) in [5.74, 6) is 1.41. The quantitative estimate of drug-likeness (QED) is 0.792. The average molecular weight is 243 g/mol. The summed E-state index contributed by atoms with van der Waals surface area (Å²) in [6, 6.07) is 4.39. The fraction of sp³-hybridized carbons (Fsp3) is 0.615. The van der Waals surface area contributed by atoms with Crippen LogP contribution in [0.15, 0.2) is 6.07 Å². The lowest BCUT2D eigenvalue weighted by molar-refractivity contribution is 0.340. The van der Waals surface area contributed by atoms with Gasteiger partial charge in [0.05, 0.1) is 0 Å². The first-order chi connectivity index (χ1) is 8.76. The molecule has 3 rings (SSSR count). The van der Waals surface area contributed by atoms with Crippen molar-refractivity contribution in [1.29, 1.82) is 5.26 Å². The number of nitrogens with zero attached hydrogens (tertiary/aromatic N) is 4. The number of piperidine rings is 1. The molecule has 1 aromatic rings. The monoisotopic (exact) mass is 243 g/mol. The number of aromatic nitrogens is 2. The van der Waals surface area contributed by atoms with Gasteiger partial charge in [0, 0.05) is 24.8 Å². The molecule has 2 aliphatic heterocycles. The molecule has 0 spiro atoms. The summed E-state index contributed by atoms with van der Waals surface area (Å²) < 4.78 is 0. The number of nitriles is 1. The highest BCUT2D eigenvalue weighted by molar-refractivity contribution is 5.38. The third-order valence-electron chi connectivity index (χ3n) is 3.84. The Morgan fingerprint density at radius 2 is 2.33 bits per heavy atom. The third kappa shape index (κ3) is 2.04. The summed E-state index contributed by atoms with van der Waals surface area (Å²) in [5, 5.41) is 12.5. The fourth-order valence-corrected chi connectivity index (χ4v) is 2.96. The molecule has 3 heterocycles. The van der Waals surface area contributed by atoms with E-state index in [1.54, 1.807) is 6.07 Å². The molecule has 2 unspecified atom stereocenters. The van der Waals surface area contributed by atoms with Gasteiger partial charge >= 0.3 is 0 Å². The van der Waals surface area contributed by atoms with Crippen molar-refractivity contribution in [3.05, 3.63) is 17.5 Å². The largest absolute Gasteiger partial charge is 0.339 e. The van der Waals surface area contributed by atoms with E-state index in [-0.39, 0.29) is 0 Å². The minimum Gasteiger partial charge on any atom is -0.339 e. The molecule has 2 atom stereocenters. The Morgan fingerprint density at radius 3 is 3.11 bits per heavy atom. The topological polar surface area (TPSA) is 64.8 Å². The molecule has 5 nitrogen and oxygen atoms in total. The van der Waals surface area contributed by atoms with Crippen LogP contribution in [-0.2, 0) is 0 Å². The second-order valence-corrected chi connectivity index (χ2v) is 5.17. The van der Waals surface area contributed by atoms with Gasteiger partial charge in [0.25, 0.3) is 0 Å². The summed E-state index contributed by atoms with van der Waals surface area (Å²) in [6.45, 7) is 4.99. The van der Waals surface area contributed by atoms with Crippen molar-refractivity contribution >= 4 is 5.95 Å². The van der Waals surface area contributed by atoms with Gasteiger partial charge in [-0.2, -0.15) is 5.26 Å². The van der Waals surface area contributed by atoms with E-state index in [1.165, 1.54) is 12.8 Å². The molecule has 0 aromatic carbocycles. The van der Waals surface area contributed by atoms with Gasteiger partial charge in [0.1, 0.15) is 11.8 Å². The highest BCUT2D eigenvalue weighted by Crippen LogP contribution is 2.27. The van der Waals surface area contributed by atoms with Gasteiger partial charge in [-0.05, 0) is 38.3 Å². The standard InChI is InChI=1S/C13H17N5/c1-9-5-11(6-14)17-13(16-9)18-7-10-3-2-4-15-12(10)8-18/h5,10,12,15H,2-4,7-8H2,1H3. The molecule has 0 amide bonds. The number of anilines is 1. The van der Waals surface area contributed by atoms with E-state index in [1.807, 2.05) is 6.92 Å². The fourth-order valence-electron chi connectivity index (χ4n) is 2.96. The van der Waals surface area contributed by atoms with E-state index in [0.717, 1.165) is 25.3 Å². The maximum absolute atomic E-state index is 8.96. The SMILES string of the molecule is Cc1cc(C#N)nc(N2CC3CCCNC3C2)n1. The first kappa shape index (κ1) is 11.4. The molecule has 5 heteroatoms. The molecular weight excluding hydrogens is 226 g/mol. The summed E-state index contributed by atoms with van der Waals surface area (Å²) in [5.41, 5.74) is 1.32. The molecule has 18 heavy (non-hydrogen) atoms. The average Bonchev–Trinajstić information content (AvgIpc) is 2.81. The summed E-state index contributed by atoms with van der Waals surface area (Å²) >= 11 is 0. The Hall–Kier alpha value is -1.67. The van der Waals surface area contributed by atoms with E-state index in [2.05, 4.69) is 26.3 Å². The second-order valence-electron chi connectivity index (χ2n) is 5.17. The molecule has 0 saturated carbocycles. The van der Waals surface area contributed by atoms with Crippen molar-refractivity contribution in [2.24, 2.45) is 5.92 Å². The normalized spacial score (nSPS) is 26.8. The van der Waals surface area contributed by atoms with E-state index >= 15 is 0 Å². The number of hydrogen-bond acceptors (Lipinski definition) is 5. The molecule has 1 aromatic heterocycles. The first-order valence-electron chi connectivity index (χ1n) is 6.50. The van der Waals surface area contributed by atoms with Crippen molar-refractivity contribution in [2.75, 3.05) is 24.5 Å². The second kappa shape index (κ2) is 4.54. The smallest absolute Gasteiger partial charge is 0.226 e. The Bertz CT molecular complexity index is 479. The van der Waals surface area contributed by atoms with Crippen molar-refractivity contribution < 1.29 is 0 Å². The Labute approximate surface area is 107 Å². The van der Waals surface area contributed by atoms with Crippen molar-refractivity contribution in [3.8, 4) is 6.07 Å². The van der Waals surface area contributed by atoms with Crippen molar-refractivity contribution in [1.82, 2.24) is 15.3 Å². The van der Waals surface area contributed by atoms with Crippen molar-refractivity contribution in [3.63, 3.8) is 0 Å². The zero-order valence-corrected chi connectivity index (χ0v) is 10.6. The van der Waals surface area contributed by atoms with Gasteiger partial charge in [-0.3, -0.25) is 0 Å². The predicted molar refractivity (Wildman–Crippen MR) is 68.2 cm³/mol. The Balaban J connectivity index is 1.83. The van der Waals surface area contributed by atoms with Crippen LogP contribution >= 0.6 is 0 Å². The van der Waals surface area contributed by atoms with Crippen molar-refractivity contribution in [2.45, 2.75) is 25.8 Å². The molecular formula is C13H17N5. The summed E-state index contributed by atoms with van der Waals surface area (Å²) in [7, 11) is 0.